The fourth-order valence-electron chi connectivity index (χ4n) is 5.42. The molecule has 41 heavy (non-hydrogen) atoms. The quantitative estimate of drug-likeness (QED) is 0.354. The van der Waals surface area contributed by atoms with Gasteiger partial charge in [-0.05, 0) is 55.4 Å². The van der Waals surface area contributed by atoms with Gasteiger partial charge in [0.15, 0.2) is 0 Å². The number of fused-ring (bicyclic) bond motifs is 1. The van der Waals surface area contributed by atoms with Crippen molar-refractivity contribution in [1.29, 1.82) is 0 Å². The molecule has 2 aliphatic heterocycles. The lowest BCUT2D eigenvalue weighted by atomic mass is 10.1. The minimum atomic E-state index is -0.841. The van der Waals surface area contributed by atoms with E-state index in [9.17, 15) is 4.21 Å². The van der Waals surface area contributed by atoms with E-state index in [1.165, 1.54) is 23.3 Å². The molecule has 0 unspecified atom stereocenters. The van der Waals surface area contributed by atoms with Crippen LogP contribution in [-0.4, -0.2) is 91.3 Å². The zero-order chi connectivity index (χ0) is 28.5. The molecule has 8 nitrogen and oxygen atoms in total. The molecule has 6 rings (SSSR count). The normalized spacial score (nSPS) is 17.9. The Hall–Kier alpha value is -3.25. The van der Waals surface area contributed by atoms with Crippen molar-refractivity contribution < 1.29 is 13.0 Å². The molecule has 0 bridgehead atoms. The van der Waals surface area contributed by atoms with Gasteiger partial charge in [-0.2, -0.15) is 4.98 Å². The number of halogens is 2. The van der Waals surface area contributed by atoms with Crippen molar-refractivity contribution in [3.63, 3.8) is 0 Å². The van der Waals surface area contributed by atoms with Gasteiger partial charge in [0.05, 0.1) is 5.69 Å². The lowest BCUT2D eigenvalue weighted by Crippen LogP contribution is -2.43. The Morgan fingerprint density at radius 2 is 1.63 bits per heavy atom. The second kappa shape index (κ2) is 11.9. The molecule has 4 heterocycles. The summed E-state index contributed by atoms with van der Waals surface area (Å²) in [5.41, 5.74) is 4.32. The zero-order valence-corrected chi connectivity index (χ0v) is 24.3. The SMILES string of the molecule is Cc1ccc(Nc2ncc3ccn(-c4cc(F)c(CN5CCS(=O)CC5)c(F)c4)c3n2)cc1CN1CCN(C)CC1. The van der Waals surface area contributed by atoms with Crippen molar-refractivity contribution in [3.8, 4) is 5.69 Å². The predicted octanol–water partition coefficient (Wildman–Crippen LogP) is 4.06. The topological polar surface area (TPSA) is 69.5 Å². The Kier molecular flexibility index (Phi) is 8.12. The van der Waals surface area contributed by atoms with Gasteiger partial charge in [-0.25, -0.2) is 13.8 Å². The van der Waals surface area contributed by atoms with Crippen LogP contribution in [0.4, 0.5) is 20.4 Å². The summed E-state index contributed by atoms with van der Waals surface area (Å²) >= 11 is 0. The third-order valence-electron chi connectivity index (χ3n) is 8.08. The maximum Gasteiger partial charge on any atom is 0.229 e. The minimum absolute atomic E-state index is 0.0293. The van der Waals surface area contributed by atoms with Crippen LogP contribution in [0.5, 0.6) is 0 Å². The Labute approximate surface area is 241 Å². The molecule has 2 saturated heterocycles. The van der Waals surface area contributed by atoms with E-state index in [4.69, 9.17) is 4.98 Å². The van der Waals surface area contributed by atoms with Crippen molar-refractivity contribution in [3.05, 3.63) is 77.1 Å². The first-order valence-corrected chi connectivity index (χ1v) is 15.5. The molecule has 0 aliphatic carbocycles. The Morgan fingerprint density at radius 3 is 2.37 bits per heavy atom. The first-order valence-electron chi connectivity index (χ1n) is 14.0. The number of rotatable bonds is 7. The van der Waals surface area contributed by atoms with Crippen LogP contribution in [0.3, 0.4) is 0 Å². The molecule has 2 fully saturated rings. The molecule has 216 valence electrons. The number of nitrogens with zero attached hydrogens (tertiary/aromatic N) is 6. The van der Waals surface area contributed by atoms with E-state index >= 15 is 8.78 Å². The van der Waals surface area contributed by atoms with Crippen LogP contribution in [-0.2, 0) is 23.9 Å². The van der Waals surface area contributed by atoms with Crippen molar-refractivity contribution >= 4 is 33.5 Å². The van der Waals surface area contributed by atoms with Gasteiger partial charge in [0, 0.05) is 104 Å². The van der Waals surface area contributed by atoms with E-state index in [2.05, 4.69) is 46.2 Å². The van der Waals surface area contributed by atoms with E-state index in [0.29, 0.717) is 41.9 Å². The summed E-state index contributed by atoms with van der Waals surface area (Å²) in [5, 5.41) is 4.08. The summed E-state index contributed by atoms with van der Waals surface area (Å²) in [6.45, 7) is 8.56. The smallest absolute Gasteiger partial charge is 0.229 e. The molecule has 0 radical (unpaired) electrons. The summed E-state index contributed by atoms with van der Waals surface area (Å²) < 4.78 is 43.6. The third-order valence-corrected chi connectivity index (χ3v) is 9.35. The number of hydrogen-bond acceptors (Lipinski definition) is 7. The van der Waals surface area contributed by atoms with Gasteiger partial charge in [0.25, 0.3) is 0 Å². The number of benzene rings is 2. The maximum absolute atomic E-state index is 15.2. The number of nitrogens with one attached hydrogen (secondary N) is 1. The maximum atomic E-state index is 15.2. The van der Waals surface area contributed by atoms with Crippen molar-refractivity contribution in [1.82, 2.24) is 29.2 Å². The highest BCUT2D eigenvalue weighted by molar-refractivity contribution is 7.85. The number of piperazine rings is 1. The van der Waals surface area contributed by atoms with Crippen molar-refractivity contribution in [2.24, 2.45) is 0 Å². The second-order valence-corrected chi connectivity index (χ2v) is 12.7. The van der Waals surface area contributed by atoms with Gasteiger partial charge in [-0.15, -0.1) is 0 Å². The molecule has 0 spiro atoms. The minimum Gasteiger partial charge on any atom is -0.324 e. The summed E-state index contributed by atoms with van der Waals surface area (Å²) in [4.78, 5) is 16.0. The molecule has 4 aromatic rings. The van der Waals surface area contributed by atoms with Crippen LogP contribution >= 0.6 is 0 Å². The molecule has 11 heteroatoms. The highest BCUT2D eigenvalue weighted by atomic mass is 32.2. The summed E-state index contributed by atoms with van der Waals surface area (Å²) in [7, 11) is 1.32. The molecule has 1 N–H and O–H groups in total. The largest absolute Gasteiger partial charge is 0.324 e. The fraction of sp³-hybridized carbons (Fsp3) is 0.400. The molecule has 0 atom stereocenters. The van der Waals surface area contributed by atoms with Gasteiger partial charge in [-0.1, -0.05) is 6.07 Å². The van der Waals surface area contributed by atoms with E-state index in [-0.39, 0.29) is 12.1 Å². The van der Waals surface area contributed by atoms with Crippen LogP contribution in [0.25, 0.3) is 16.7 Å². The first kappa shape index (κ1) is 27.9. The Morgan fingerprint density at radius 1 is 0.927 bits per heavy atom. The molecule has 0 amide bonds. The van der Waals surface area contributed by atoms with Crippen LogP contribution in [0.1, 0.15) is 16.7 Å². The standard InChI is InChI=1S/C30H35F2N7OS/c1-21-3-4-24(15-23(21)19-37-9-7-36(2)8-10-37)34-30-33-18-22-5-6-39(29(22)35-30)25-16-27(31)26(28(32)17-25)20-38-11-13-41(40)14-12-38/h3-6,15-18H,7-14,19-20H2,1-2H3,(H,33,34,35). The molecule has 0 saturated carbocycles. The van der Waals surface area contributed by atoms with Gasteiger partial charge in [0.2, 0.25) is 5.95 Å². The lowest BCUT2D eigenvalue weighted by Gasteiger charge is -2.32. The van der Waals surface area contributed by atoms with Gasteiger partial charge in [0.1, 0.15) is 17.3 Å². The molecule has 2 aromatic carbocycles. The van der Waals surface area contributed by atoms with Gasteiger partial charge in [-0.3, -0.25) is 14.0 Å². The summed E-state index contributed by atoms with van der Waals surface area (Å²) in [5.74, 6) is 0.272. The monoisotopic (exact) mass is 579 g/mol. The van der Waals surface area contributed by atoms with Crippen LogP contribution in [0.2, 0.25) is 0 Å². The first-order chi connectivity index (χ1) is 19.8. The summed E-state index contributed by atoms with van der Waals surface area (Å²) in [6, 6.07) is 10.8. The van der Waals surface area contributed by atoms with Crippen LogP contribution < -0.4 is 5.32 Å². The van der Waals surface area contributed by atoms with E-state index in [1.807, 2.05) is 17.0 Å². The Bertz CT molecular complexity index is 1550. The van der Waals surface area contributed by atoms with Crippen LogP contribution in [0.15, 0.2) is 48.8 Å². The number of hydrogen-bond donors (Lipinski definition) is 1. The third kappa shape index (κ3) is 6.33. The predicted molar refractivity (Wildman–Crippen MR) is 159 cm³/mol. The lowest BCUT2D eigenvalue weighted by molar-refractivity contribution is 0.148. The average Bonchev–Trinajstić information content (AvgIpc) is 3.38. The number of anilines is 2. The second-order valence-electron chi connectivity index (χ2n) is 11.0. The van der Waals surface area contributed by atoms with E-state index in [0.717, 1.165) is 43.8 Å². The fourth-order valence-corrected chi connectivity index (χ4v) is 6.55. The van der Waals surface area contributed by atoms with Crippen LogP contribution in [0, 0.1) is 18.6 Å². The molecular weight excluding hydrogens is 544 g/mol. The molecule has 2 aromatic heterocycles. The number of likely N-dealkylation sites (N-methyl/N-ethyl adjacent to an activating group) is 1. The molecular formula is C30H35F2N7OS. The Balaban J connectivity index is 1.22. The van der Waals surface area contributed by atoms with Gasteiger partial charge >= 0.3 is 0 Å². The van der Waals surface area contributed by atoms with Gasteiger partial charge < -0.3 is 14.8 Å². The van der Waals surface area contributed by atoms with Crippen molar-refractivity contribution in [2.45, 2.75) is 20.0 Å². The average molecular weight is 580 g/mol. The highest BCUT2D eigenvalue weighted by Gasteiger charge is 2.21. The summed E-state index contributed by atoms with van der Waals surface area (Å²) in [6.07, 6.45) is 3.46. The highest BCUT2D eigenvalue weighted by Crippen LogP contribution is 2.26. The van der Waals surface area contributed by atoms with Crippen molar-refractivity contribution in [2.75, 3.05) is 63.1 Å². The van der Waals surface area contributed by atoms with E-state index in [1.54, 1.807) is 17.0 Å². The van der Waals surface area contributed by atoms with E-state index < -0.39 is 22.4 Å². The number of aryl methyl sites for hydroxylation is 1. The molecule has 2 aliphatic rings. The number of aromatic nitrogens is 3. The zero-order valence-electron chi connectivity index (χ0n) is 23.4.